The maximum atomic E-state index is 12.9. The van der Waals surface area contributed by atoms with Crippen molar-refractivity contribution in [2.45, 2.75) is 30.7 Å². The van der Waals surface area contributed by atoms with Crippen LogP contribution in [-0.2, 0) is 33.8 Å². The van der Waals surface area contributed by atoms with Crippen LogP contribution in [0.25, 0.3) is 0 Å². The summed E-state index contributed by atoms with van der Waals surface area (Å²) >= 11 is 4.39. The average molecular weight is 398 g/mol. The van der Waals surface area contributed by atoms with Crippen LogP contribution in [0.4, 0.5) is 0 Å². The van der Waals surface area contributed by atoms with Gasteiger partial charge in [-0.15, -0.1) is 0 Å². The lowest BCUT2D eigenvalue weighted by molar-refractivity contribution is -0.146. The fourth-order valence-electron chi connectivity index (χ4n) is 3.33. The lowest BCUT2D eigenvalue weighted by Gasteiger charge is -2.24. The first-order chi connectivity index (χ1) is 13.4. The highest BCUT2D eigenvalue weighted by molar-refractivity contribution is 7.81. The van der Waals surface area contributed by atoms with Crippen LogP contribution in [0.15, 0.2) is 54.6 Å². The Kier molecular flexibility index (Phi) is 6.36. The van der Waals surface area contributed by atoms with E-state index in [1.54, 1.807) is 0 Å². The van der Waals surface area contributed by atoms with Gasteiger partial charge in [0.2, 0.25) is 11.8 Å². The van der Waals surface area contributed by atoms with E-state index in [4.69, 9.17) is 5.11 Å². The van der Waals surface area contributed by atoms with E-state index in [2.05, 4.69) is 17.9 Å². The first-order valence-electron chi connectivity index (χ1n) is 9.04. The Hall–Kier alpha value is -2.80. The van der Waals surface area contributed by atoms with Crippen LogP contribution in [-0.4, -0.2) is 45.6 Å². The summed E-state index contributed by atoms with van der Waals surface area (Å²) in [6.45, 7) is -0.199. The molecule has 1 heterocycles. The summed E-state index contributed by atoms with van der Waals surface area (Å²) in [6.07, 6.45) is 0.759. The monoisotopic (exact) mass is 398 g/mol. The molecule has 0 saturated heterocycles. The first kappa shape index (κ1) is 19.9. The molecule has 2 N–H and O–H groups in total. The molecule has 2 aromatic rings. The van der Waals surface area contributed by atoms with E-state index in [0.29, 0.717) is 12.8 Å². The number of hydrogen-bond acceptors (Lipinski definition) is 4. The maximum absolute atomic E-state index is 12.9. The third-order valence-corrected chi connectivity index (χ3v) is 5.15. The van der Waals surface area contributed by atoms with Crippen LogP contribution in [0.2, 0.25) is 0 Å². The molecule has 28 heavy (non-hydrogen) atoms. The quantitative estimate of drug-likeness (QED) is 0.646. The van der Waals surface area contributed by atoms with Gasteiger partial charge in [0.05, 0.1) is 5.25 Å². The van der Waals surface area contributed by atoms with Gasteiger partial charge in [-0.1, -0.05) is 54.6 Å². The highest BCUT2D eigenvalue weighted by Crippen LogP contribution is 2.20. The number of nitrogens with one attached hydrogen (secondary N) is 1. The topological polar surface area (TPSA) is 86.7 Å². The number of carbonyl (C=O) groups excluding carboxylic acids is 2. The molecule has 0 radical (unpaired) electrons. The molecule has 7 heteroatoms. The summed E-state index contributed by atoms with van der Waals surface area (Å²) in [5.41, 5.74) is 2.79. The predicted octanol–water partition coefficient (Wildman–Crippen LogP) is 1.68. The smallest absolute Gasteiger partial charge is 0.323 e. The number of carbonyl (C=O) groups is 3. The van der Waals surface area contributed by atoms with Crippen LogP contribution in [0.5, 0.6) is 0 Å². The van der Waals surface area contributed by atoms with Crippen molar-refractivity contribution < 1.29 is 19.5 Å². The van der Waals surface area contributed by atoms with Crippen molar-refractivity contribution >= 4 is 30.4 Å². The molecule has 0 fully saturated rings. The number of amides is 2. The Morgan fingerprint density at radius 3 is 2.43 bits per heavy atom. The normalized spacial score (nSPS) is 17.4. The second-order valence-corrected chi connectivity index (χ2v) is 7.45. The highest BCUT2D eigenvalue weighted by atomic mass is 32.1. The van der Waals surface area contributed by atoms with E-state index >= 15 is 0 Å². The summed E-state index contributed by atoms with van der Waals surface area (Å²) in [5, 5.41) is 11.3. The number of nitrogens with zero attached hydrogens (tertiary/aromatic N) is 1. The van der Waals surface area contributed by atoms with Crippen LogP contribution >= 0.6 is 12.6 Å². The predicted molar refractivity (Wildman–Crippen MR) is 108 cm³/mol. The Bertz CT molecular complexity index is 872. The van der Waals surface area contributed by atoms with Crippen LogP contribution in [0.1, 0.15) is 16.7 Å². The molecule has 2 atom stereocenters. The Balaban J connectivity index is 1.76. The molecule has 2 amide bonds. The second-order valence-electron chi connectivity index (χ2n) is 6.83. The number of carboxylic acid groups (broad SMARTS) is 1. The van der Waals surface area contributed by atoms with Gasteiger partial charge in [0, 0.05) is 13.0 Å². The maximum Gasteiger partial charge on any atom is 0.323 e. The molecule has 6 nitrogen and oxygen atoms in total. The third kappa shape index (κ3) is 4.92. The molecule has 0 saturated carbocycles. The van der Waals surface area contributed by atoms with Gasteiger partial charge in [-0.25, -0.2) is 0 Å². The van der Waals surface area contributed by atoms with Gasteiger partial charge in [-0.3, -0.25) is 14.4 Å². The molecule has 3 rings (SSSR count). The zero-order chi connectivity index (χ0) is 20.1. The van der Waals surface area contributed by atoms with E-state index in [1.165, 1.54) is 4.90 Å². The Morgan fingerprint density at radius 2 is 1.75 bits per heavy atom. The van der Waals surface area contributed by atoms with Crippen LogP contribution in [0, 0.1) is 0 Å². The Labute approximate surface area is 169 Å². The summed E-state index contributed by atoms with van der Waals surface area (Å²) in [6, 6.07) is 16.2. The molecular formula is C21H22N2O4S. The first-order valence-corrected chi connectivity index (χ1v) is 9.55. The van der Waals surface area contributed by atoms with Crippen LogP contribution < -0.4 is 5.32 Å². The lowest BCUT2D eigenvalue weighted by Crippen LogP contribution is -2.51. The molecule has 2 aromatic carbocycles. The van der Waals surface area contributed by atoms with Crippen molar-refractivity contribution in [1.82, 2.24) is 10.2 Å². The van der Waals surface area contributed by atoms with Crippen molar-refractivity contribution in [3.8, 4) is 0 Å². The van der Waals surface area contributed by atoms with E-state index in [-0.39, 0.29) is 12.5 Å². The standard InChI is InChI=1S/C21H22N2O4S/c24-19(25)13-23-12-16-9-5-4-8-15(16)11-17(21(23)27)22-20(26)18(28)10-14-6-2-1-3-7-14/h1-9,17-18,28H,10-13H2,(H,22,26)(H,24,25). The molecule has 1 aliphatic rings. The lowest BCUT2D eigenvalue weighted by atomic mass is 10.0. The largest absolute Gasteiger partial charge is 0.480 e. The molecule has 1 aliphatic heterocycles. The fourth-order valence-corrected chi connectivity index (χ4v) is 3.62. The van der Waals surface area contributed by atoms with Gasteiger partial charge in [0.1, 0.15) is 12.6 Å². The molecule has 0 aliphatic carbocycles. The van der Waals surface area contributed by atoms with E-state index in [1.807, 2.05) is 54.6 Å². The summed E-state index contributed by atoms with van der Waals surface area (Å²) in [7, 11) is 0. The number of thiol groups is 1. The number of fused-ring (bicyclic) bond motifs is 1. The number of rotatable bonds is 6. The van der Waals surface area contributed by atoms with Gasteiger partial charge in [0.25, 0.3) is 0 Å². The zero-order valence-corrected chi connectivity index (χ0v) is 16.1. The molecule has 0 bridgehead atoms. The minimum Gasteiger partial charge on any atom is -0.480 e. The van der Waals surface area contributed by atoms with Gasteiger partial charge < -0.3 is 15.3 Å². The van der Waals surface area contributed by atoms with Crippen molar-refractivity contribution in [1.29, 1.82) is 0 Å². The summed E-state index contributed by atoms with van der Waals surface area (Å²) in [4.78, 5) is 38.0. The van der Waals surface area contributed by atoms with Crippen molar-refractivity contribution in [3.63, 3.8) is 0 Å². The number of aliphatic carboxylic acids is 1. The Morgan fingerprint density at radius 1 is 1.11 bits per heavy atom. The van der Waals surface area contributed by atoms with Gasteiger partial charge >= 0.3 is 5.97 Å². The minimum absolute atomic E-state index is 0.210. The van der Waals surface area contributed by atoms with Gasteiger partial charge in [0.15, 0.2) is 0 Å². The van der Waals surface area contributed by atoms with Crippen molar-refractivity contribution in [2.24, 2.45) is 0 Å². The minimum atomic E-state index is -1.09. The van der Waals surface area contributed by atoms with Crippen molar-refractivity contribution in [3.05, 3.63) is 71.3 Å². The van der Waals surface area contributed by atoms with E-state index in [0.717, 1.165) is 16.7 Å². The average Bonchev–Trinajstić information content (AvgIpc) is 2.79. The number of benzene rings is 2. The second kappa shape index (κ2) is 8.93. The third-order valence-electron chi connectivity index (χ3n) is 4.73. The summed E-state index contributed by atoms with van der Waals surface area (Å²) in [5.74, 6) is -1.83. The fraction of sp³-hybridized carbons (Fsp3) is 0.286. The molecular weight excluding hydrogens is 376 g/mol. The number of hydrogen-bond donors (Lipinski definition) is 3. The zero-order valence-electron chi connectivity index (χ0n) is 15.2. The molecule has 0 aromatic heterocycles. The van der Waals surface area contributed by atoms with Crippen LogP contribution in [0.3, 0.4) is 0 Å². The SMILES string of the molecule is O=C(O)CN1Cc2ccccc2CC(NC(=O)C(S)Cc2ccccc2)C1=O. The molecule has 2 unspecified atom stereocenters. The molecule has 146 valence electrons. The highest BCUT2D eigenvalue weighted by Gasteiger charge is 2.32. The molecule has 0 spiro atoms. The summed E-state index contributed by atoms with van der Waals surface area (Å²) < 4.78 is 0. The van der Waals surface area contributed by atoms with Crippen molar-refractivity contribution in [2.75, 3.05) is 6.54 Å². The van der Waals surface area contributed by atoms with E-state index in [9.17, 15) is 14.4 Å². The van der Waals surface area contributed by atoms with E-state index < -0.39 is 29.7 Å². The number of carboxylic acids is 1. The van der Waals surface area contributed by atoms with Gasteiger partial charge in [-0.2, -0.15) is 12.6 Å². The van der Waals surface area contributed by atoms with Gasteiger partial charge in [-0.05, 0) is 23.1 Å².